The van der Waals surface area contributed by atoms with Gasteiger partial charge in [-0.1, -0.05) is 30.3 Å². The first-order valence-electron chi connectivity index (χ1n) is 4.59. The van der Waals surface area contributed by atoms with E-state index >= 15 is 0 Å². The van der Waals surface area contributed by atoms with Crippen molar-refractivity contribution in [3.05, 3.63) is 53.0 Å². The minimum absolute atomic E-state index is 0.00282. The van der Waals surface area contributed by atoms with E-state index < -0.39 is 5.97 Å². The van der Waals surface area contributed by atoms with Gasteiger partial charge in [-0.2, -0.15) is 0 Å². The first-order chi connectivity index (χ1) is 7.27. The quantitative estimate of drug-likeness (QED) is 0.427. The van der Waals surface area contributed by atoms with Gasteiger partial charge in [0.2, 0.25) is 0 Å². The smallest absolute Gasteiger partial charge is 0.336 e. The Labute approximate surface area is 88.8 Å². The van der Waals surface area contributed by atoms with Crippen LogP contribution in [-0.2, 0) is 9.53 Å². The van der Waals surface area contributed by atoms with Crippen molar-refractivity contribution in [3.63, 3.8) is 0 Å². The largest absolute Gasteiger partial charge is 0.471 e. The van der Waals surface area contributed by atoms with Gasteiger partial charge in [0.15, 0.2) is 0 Å². The van der Waals surface area contributed by atoms with Gasteiger partial charge in [-0.05, 0) is 18.6 Å². The second-order valence-electron chi connectivity index (χ2n) is 2.77. The van der Waals surface area contributed by atoms with Gasteiger partial charge in [0.25, 0.3) is 5.70 Å². The van der Waals surface area contributed by atoms with Gasteiger partial charge in [-0.25, -0.2) is 4.85 Å². The van der Waals surface area contributed by atoms with E-state index in [9.17, 15) is 4.79 Å². The number of nitrogens with zero attached hydrogens (tertiary/aromatic N) is 1. The van der Waals surface area contributed by atoms with Crippen LogP contribution in [0.3, 0.4) is 0 Å². The number of hydrogen-bond donors (Lipinski definition) is 0. The van der Waals surface area contributed by atoms with E-state index in [4.69, 9.17) is 11.3 Å². The zero-order valence-electron chi connectivity index (χ0n) is 8.43. The van der Waals surface area contributed by atoms with Gasteiger partial charge >= 0.3 is 5.97 Å². The summed E-state index contributed by atoms with van der Waals surface area (Å²) >= 11 is 0. The Morgan fingerprint density at radius 2 is 2.13 bits per heavy atom. The van der Waals surface area contributed by atoms with Crippen LogP contribution in [0.25, 0.3) is 10.9 Å². The lowest BCUT2D eigenvalue weighted by atomic mass is 10.2. The fraction of sp³-hybridized carbons (Fsp3) is 0.167. The third-order valence-electron chi connectivity index (χ3n) is 1.71. The Hall–Kier alpha value is -2.08. The Morgan fingerprint density at radius 1 is 1.47 bits per heavy atom. The standard InChI is InChI=1S/C12H11NO2/c1-3-15-12(14)11(13-2)9-10-7-5-4-6-8-10/h4-9H,3H2,1H3/b11-9-. The zero-order chi connectivity index (χ0) is 11.1. The van der Waals surface area contributed by atoms with Crippen LogP contribution in [0.4, 0.5) is 0 Å². The number of esters is 1. The molecule has 1 aromatic rings. The molecule has 76 valence electrons. The SMILES string of the molecule is [C-]#[N+]/C(=C\c1ccccc1)C(=O)OCC. The third-order valence-corrected chi connectivity index (χ3v) is 1.71. The molecule has 0 fully saturated rings. The van der Waals surface area contributed by atoms with E-state index in [1.165, 1.54) is 6.08 Å². The summed E-state index contributed by atoms with van der Waals surface area (Å²) in [5.74, 6) is -0.573. The highest BCUT2D eigenvalue weighted by Gasteiger charge is 2.09. The molecule has 1 rings (SSSR count). The Balaban J connectivity index is 2.89. The second-order valence-corrected chi connectivity index (χ2v) is 2.77. The van der Waals surface area contributed by atoms with Crippen LogP contribution >= 0.6 is 0 Å². The Bertz CT molecular complexity index is 401. The molecule has 15 heavy (non-hydrogen) atoms. The van der Waals surface area contributed by atoms with Crippen molar-refractivity contribution in [1.82, 2.24) is 0 Å². The highest BCUT2D eigenvalue weighted by molar-refractivity contribution is 5.95. The lowest BCUT2D eigenvalue weighted by molar-refractivity contribution is -0.138. The average Bonchev–Trinajstić information content (AvgIpc) is 2.27. The summed E-state index contributed by atoms with van der Waals surface area (Å²) < 4.78 is 4.75. The van der Waals surface area contributed by atoms with Crippen LogP contribution in [0.2, 0.25) is 0 Å². The van der Waals surface area contributed by atoms with E-state index in [2.05, 4.69) is 4.85 Å². The molecule has 0 saturated heterocycles. The highest BCUT2D eigenvalue weighted by atomic mass is 16.5. The van der Waals surface area contributed by atoms with Crippen molar-refractivity contribution in [2.75, 3.05) is 6.61 Å². The van der Waals surface area contributed by atoms with Gasteiger partial charge in [0, 0.05) is 0 Å². The summed E-state index contributed by atoms with van der Waals surface area (Å²) in [7, 11) is 0. The molecule has 0 atom stereocenters. The van der Waals surface area contributed by atoms with Gasteiger partial charge in [0.05, 0.1) is 13.2 Å². The first-order valence-corrected chi connectivity index (χ1v) is 4.59. The molecule has 0 amide bonds. The summed E-state index contributed by atoms with van der Waals surface area (Å²) in [4.78, 5) is 14.4. The lowest BCUT2D eigenvalue weighted by Crippen LogP contribution is -2.04. The van der Waals surface area contributed by atoms with Crippen molar-refractivity contribution in [2.24, 2.45) is 0 Å². The number of ether oxygens (including phenoxy) is 1. The van der Waals surface area contributed by atoms with Crippen LogP contribution in [0.15, 0.2) is 36.0 Å². The zero-order valence-corrected chi connectivity index (χ0v) is 8.43. The molecule has 0 N–H and O–H groups in total. The predicted octanol–water partition coefficient (Wildman–Crippen LogP) is 2.51. The van der Waals surface area contributed by atoms with Crippen LogP contribution in [0.5, 0.6) is 0 Å². The molecule has 0 aromatic heterocycles. The van der Waals surface area contributed by atoms with E-state index in [0.29, 0.717) is 0 Å². The first kappa shape index (κ1) is 11.0. The molecule has 3 heteroatoms. The van der Waals surface area contributed by atoms with Crippen LogP contribution in [0, 0.1) is 6.57 Å². The molecule has 0 saturated carbocycles. The van der Waals surface area contributed by atoms with Crippen LogP contribution < -0.4 is 0 Å². The minimum Gasteiger partial charge on any atom is -0.471 e. The Morgan fingerprint density at radius 3 is 2.67 bits per heavy atom. The number of carbonyl (C=O) groups excluding carboxylic acids is 1. The highest BCUT2D eigenvalue weighted by Crippen LogP contribution is 2.09. The molecule has 0 aliphatic carbocycles. The summed E-state index contributed by atoms with van der Waals surface area (Å²) in [6.45, 7) is 8.86. The van der Waals surface area contributed by atoms with Gasteiger partial charge < -0.3 is 4.74 Å². The molecule has 0 bridgehead atoms. The molecular weight excluding hydrogens is 190 g/mol. The Kier molecular flexibility index (Phi) is 4.11. The van der Waals surface area contributed by atoms with E-state index in [-0.39, 0.29) is 12.3 Å². The van der Waals surface area contributed by atoms with Gasteiger partial charge in [-0.3, -0.25) is 4.79 Å². The third kappa shape index (κ3) is 3.28. The summed E-state index contributed by atoms with van der Waals surface area (Å²) in [6, 6.07) is 9.21. The maximum Gasteiger partial charge on any atom is 0.336 e. The number of carbonyl (C=O) groups is 1. The second kappa shape index (κ2) is 5.61. The normalized spacial score (nSPS) is 10.5. The molecule has 3 nitrogen and oxygen atoms in total. The fourth-order valence-electron chi connectivity index (χ4n) is 1.05. The monoisotopic (exact) mass is 201 g/mol. The topological polar surface area (TPSA) is 30.7 Å². The maximum atomic E-state index is 11.3. The average molecular weight is 201 g/mol. The predicted molar refractivity (Wildman–Crippen MR) is 57.7 cm³/mol. The number of hydrogen-bond acceptors (Lipinski definition) is 2. The molecule has 0 radical (unpaired) electrons. The summed E-state index contributed by atoms with van der Waals surface area (Å²) in [5.41, 5.74) is 0.819. The maximum absolute atomic E-state index is 11.3. The van der Waals surface area contributed by atoms with Crippen molar-refractivity contribution >= 4 is 12.0 Å². The molecule has 1 aromatic carbocycles. The van der Waals surface area contributed by atoms with E-state index in [0.717, 1.165) is 5.56 Å². The van der Waals surface area contributed by atoms with Crippen molar-refractivity contribution in [3.8, 4) is 0 Å². The summed E-state index contributed by atoms with van der Waals surface area (Å²) in [6.07, 6.45) is 1.52. The number of rotatable bonds is 3. The van der Waals surface area contributed by atoms with Crippen molar-refractivity contribution in [2.45, 2.75) is 6.92 Å². The molecular formula is C12H11NO2. The molecule has 0 unspecified atom stereocenters. The number of benzene rings is 1. The van der Waals surface area contributed by atoms with Crippen molar-refractivity contribution in [1.29, 1.82) is 0 Å². The van der Waals surface area contributed by atoms with Crippen LogP contribution in [-0.4, -0.2) is 12.6 Å². The lowest BCUT2D eigenvalue weighted by Gasteiger charge is -1.99. The van der Waals surface area contributed by atoms with Crippen molar-refractivity contribution < 1.29 is 9.53 Å². The van der Waals surface area contributed by atoms with E-state index in [1.54, 1.807) is 6.92 Å². The fourth-order valence-corrected chi connectivity index (χ4v) is 1.05. The van der Waals surface area contributed by atoms with Gasteiger partial charge in [0.1, 0.15) is 0 Å². The van der Waals surface area contributed by atoms with Crippen LogP contribution in [0.1, 0.15) is 12.5 Å². The minimum atomic E-state index is -0.573. The molecule has 0 aliphatic heterocycles. The molecule has 0 spiro atoms. The van der Waals surface area contributed by atoms with Gasteiger partial charge in [-0.15, -0.1) is 0 Å². The molecule has 0 heterocycles. The van der Waals surface area contributed by atoms with E-state index in [1.807, 2.05) is 30.3 Å². The molecule has 0 aliphatic rings. The summed E-state index contributed by atoms with van der Waals surface area (Å²) in [5, 5.41) is 0.